The van der Waals surface area contributed by atoms with Crippen molar-refractivity contribution in [2.75, 3.05) is 7.05 Å². The lowest BCUT2D eigenvalue weighted by Crippen LogP contribution is -2.29. The maximum absolute atomic E-state index is 12.5. The summed E-state index contributed by atoms with van der Waals surface area (Å²) >= 11 is 1.51. The van der Waals surface area contributed by atoms with Gasteiger partial charge in [0.25, 0.3) is 0 Å². The predicted molar refractivity (Wildman–Crippen MR) is 76.6 cm³/mol. The molecule has 2 aromatic rings. The number of nitrogens with zero attached hydrogens (tertiary/aromatic N) is 3. The lowest BCUT2D eigenvalue weighted by Gasteiger charge is -2.23. The summed E-state index contributed by atoms with van der Waals surface area (Å²) in [6.45, 7) is 1.83. The summed E-state index contributed by atoms with van der Waals surface area (Å²) in [6, 6.07) is 8.20. The molecule has 0 aliphatic rings. The van der Waals surface area contributed by atoms with E-state index in [1.54, 1.807) is 0 Å². The van der Waals surface area contributed by atoms with E-state index < -0.39 is 10.0 Å². The van der Waals surface area contributed by atoms with Crippen molar-refractivity contribution < 1.29 is 8.42 Å². The molecule has 1 atom stereocenters. The minimum Gasteiger partial charge on any atom is -0.244 e. The fraction of sp³-hybridized carbons (Fsp3) is 0.231. The Hall–Kier alpha value is -1.75. The SMILES string of the molecule is CC(c1cccs1)N(C)S(=O)(=O)c1ccc(C#N)nc1. The van der Waals surface area contributed by atoms with Crippen LogP contribution in [-0.2, 0) is 10.0 Å². The lowest BCUT2D eigenvalue weighted by molar-refractivity contribution is 0.402. The molecular weight excluding hydrogens is 294 g/mol. The van der Waals surface area contributed by atoms with E-state index in [0.29, 0.717) is 0 Å². The van der Waals surface area contributed by atoms with Crippen molar-refractivity contribution in [2.24, 2.45) is 0 Å². The van der Waals surface area contributed by atoms with Crippen LogP contribution in [0.3, 0.4) is 0 Å². The van der Waals surface area contributed by atoms with Gasteiger partial charge in [0.05, 0.1) is 6.04 Å². The fourth-order valence-electron chi connectivity index (χ4n) is 1.68. The first-order valence-corrected chi connectivity index (χ1v) is 8.16. The van der Waals surface area contributed by atoms with Gasteiger partial charge in [0.2, 0.25) is 10.0 Å². The molecule has 0 bridgehead atoms. The number of hydrogen-bond acceptors (Lipinski definition) is 5. The summed E-state index contributed by atoms with van der Waals surface area (Å²) in [5.41, 5.74) is 0.193. The molecule has 1 unspecified atom stereocenters. The topological polar surface area (TPSA) is 74.1 Å². The smallest absolute Gasteiger partial charge is 0.244 e. The largest absolute Gasteiger partial charge is 0.244 e. The highest BCUT2D eigenvalue weighted by Crippen LogP contribution is 2.28. The van der Waals surface area contributed by atoms with Crippen molar-refractivity contribution in [1.29, 1.82) is 5.26 Å². The highest BCUT2D eigenvalue weighted by atomic mass is 32.2. The van der Waals surface area contributed by atoms with Crippen LogP contribution in [0, 0.1) is 11.3 Å². The van der Waals surface area contributed by atoms with Crippen molar-refractivity contribution >= 4 is 21.4 Å². The molecule has 2 heterocycles. The third-order valence-electron chi connectivity index (χ3n) is 3.03. The summed E-state index contributed by atoms with van der Waals surface area (Å²) in [6.07, 6.45) is 1.21. The molecule has 20 heavy (non-hydrogen) atoms. The van der Waals surface area contributed by atoms with E-state index in [-0.39, 0.29) is 16.6 Å². The standard InChI is InChI=1S/C13H13N3O2S2/c1-10(13-4-3-7-19-13)16(2)20(17,18)12-6-5-11(8-14)15-9-12/h3-7,9-10H,1-2H3. The second-order valence-electron chi connectivity index (χ2n) is 4.20. The van der Waals surface area contributed by atoms with Gasteiger partial charge in [0.15, 0.2) is 0 Å². The molecule has 0 radical (unpaired) electrons. The summed E-state index contributed by atoms with van der Waals surface area (Å²) in [7, 11) is -2.08. The monoisotopic (exact) mass is 307 g/mol. The van der Waals surface area contributed by atoms with E-state index in [1.165, 1.54) is 41.0 Å². The molecule has 0 aliphatic carbocycles. The van der Waals surface area contributed by atoms with E-state index in [9.17, 15) is 8.42 Å². The Bertz CT molecular complexity index is 716. The third-order valence-corrected chi connectivity index (χ3v) is 5.98. The Labute approximate surface area is 122 Å². The number of thiophene rings is 1. The van der Waals surface area contributed by atoms with E-state index in [1.807, 2.05) is 30.5 Å². The normalized spacial score (nSPS) is 13.1. The molecule has 0 aromatic carbocycles. The number of nitriles is 1. The molecule has 0 saturated carbocycles. The van der Waals surface area contributed by atoms with Crippen LogP contribution in [0.4, 0.5) is 0 Å². The summed E-state index contributed by atoms with van der Waals surface area (Å²) in [5, 5.41) is 10.6. The van der Waals surface area contributed by atoms with E-state index in [4.69, 9.17) is 5.26 Å². The van der Waals surface area contributed by atoms with Crippen LogP contribution in [0.25, 0.3) is 0 Å². The van der Waals surface area contributed by atoms with Gasteiger partial charge in [-0.15, -0.1) is 11.3 Å². The molecule has 104 valence electrons. The summed E-state index contributed by atoms with van der Waals surface area (Å²) < 4.78 is 26.3. The molecule has 0 N–H and O–H groups in total. The van der Waals surface area contributed by atoms with E-state index >= 15 is 0 Å². The first-order valence-electron chi connectivity index (χ1n) is 5.84. The van der Waals surface area contributed by atoms with Gasteiger partial charge in [-0.25, -0.2) is 13.4 Å². The predicted octanol–water partition coefficient (Wildman–Crippen LogP) is 2.40. The van der Waals surface area contributed by atoms with Crippen LogP contribution in [0.15, 0.2) is 40.7 Å². The zero-order valence-electron chi connectivity index (χ0n) is 11.0. The van der Waals surface area contributed by atoms with Crippen molar-refractivity contribution in [1.82, 2.24) is 9.29 Å². The molecular formula is C13H13N3O2S2. The Morgan fingerprint density at radius 1 is 1.40 bits per heavy atom. The van der Waals surface area contributed by atoms with Crippen LogP contribution >= 0.6 is 11.3 Å². The molecule has 0 spiro atoms. The number of pyridine rings is 1. The molecule has 7 heteroatoms. The van der Waals surface area contributed by atoms with Crippen molar-refractivity contribution in [3.8, 4) is 6.07 Å². The maximum Gasteiger partial charge on any atom is 0.244 e. The number of rotatable bonds is 4. The second-order valence-corrected chi connectivity index (χ2v) is 7.18. The number of sulfonamides is 1. The van der Waals surface area contributed by atoms with Crippen LogP contribution < -0.4 is 0 Å². The zero-order chi connectivity index (χ0) is 14.8. The highest BCUT2D eigenvalue weighted by Gasteiger charge is 2.27. The minimum atomic E-state index is -3.62. The Morgan fingerprint density at radius 3 is 2.65 bits per heavy atom. The first kappa shape index (κ1) is 14.7. The third kappa shape index (κ3) is 2.72. The lowest BCUT2D eigenvalue weighted by atomic mass is 10.3. The van der Waals surface area contributed by atoms with Gasteiger partial charge in [0, 0.05) is 18.1 Å². The van der Waals surface area contributed by atoms with Gasteiger partial charge >= 0.3 is 0 Å². The average Bonchev–Trinajstić information content (AvgIpc) is 3.00. The van der Waals surface area contributed by atoms with Crippen LogP contribution in [-0.4, -0.2) is 24.8 Å². The second kappa shape index (κ2) is 5.71. The highest BCUT2D eigenvalue weighted by molar-refractivity contribution is 7.89. The molecule has 0 fully saturated rings. The Balaban J connectivity index is 2.32. The van der Waals surface area contributed by atoms with E-state index in [2.05, 4.69) is 4.98 Å². The maximum atomic E-state index is 12.5. The van der Waals surface area contributed by atoms with Crippen LogP contribution in [0.2, 0.25) is 0 Å². The van der Waals surface area contributed by atoms with Gasteiger partial charge in [-0.1, -0.05) is 6.07 Å². The quantitative estimate of drug-likeness (QED) is 0.869. The summed E-state index contributed by atoms with van der Waals surface area (Å²) in [5.74, 6) is 0. The van der Waals surface area contributed by atoms with Crippen molar-refractivity contribution in [3.05, 3.63) is 46.4 Å². The summed E-state index contributed by atoms with van der Waals surface area (Å²) in [4.78, 5) is 4.86. The van der Waals surface area contributed by atoms with Crippen LogP contribution in [0.1, 0.15) is 23.5 Å². The van der Waals surface area contributed by atoms with Gasteiger partial charge in [-0.05, 0) is 30.5 Å². The van der Waals surface area contributed by atoms with Gasteiger partial charge < -0.3 is 0 Å². The molecule has 2 rings (SSSR count). The molecule has 5 nitrogen and oxygen atoms in total. The Kier molecular flexibility index (Phi) is 4.18. The van der Waals surface area contributed by atoms with Gasteiger partial charge in [-0.2, -0.15) is 9.57 Å². The zero-order valence-corrected chi connectivity index (χ0v) is 12.6. The fourth-order valence-corrected chi connectivity index (χ4v) is 3.86. The molecule has 0 amide bonds. The molecule has 0 saturated heterocycles. The molecule has 0 aliphatic heterocycles. The van der Waals surface area contributed by atoms with E-state index in [0.717, 1.165) is 4.88 Å². The minimum absolute atomic E-state index is 0.0856. The van der Waals surface area contributed by atoms with Crippen LogP contribution in [0.5, 0.6) is 0 Å². The molecule has 2 aromatic heterocycles. The average molecular weight is 307 g/mol. The number of hydrogen-bond donors (Lipinski definition) is 0. The van der Waals surface area contributed by atoms with Gasteiger partial charge in [-0.3, -0.25) is 0 Å². The van der Waals surface area contributed by atoms with Crippen molar-refractivity contribution in [3.63, 3.8) is 0 Å². The van der Waals surface area contributed by atoms with Gasteiger partial charge in [0.1, 0.15) is 16.7 Å². The number of aromatic nitrogens is 1. The first-order chi connectivity index (χ1) is 9.46. The Morgan fingerprint density at radius 2 is 2.15 bits per heavy atom. The van der Waals surface area contributed by atoms with Crippen molar-refractivity contribution in [2.45, 2.75) is 17.9 Å².